The van der Waals surface area contributed by atoms with E-state index in [2.05, 4.69) is 20.6 Å². The van der Waals surface area contributed by atoms with Crippen LogP contribution in [-0.2, 0) is 12.6 Å². The molecule has 1 aliphatic heterocycles. The number of nitrogens with one attached hydrogen (secondary N) is 3. The Bertz CT molecular complexity index is 1540. The number of halogens is 6. The lowest BCUT2D eigenvalue weighted by Gasteiger charge is -2.18. The van der Waals surface area contributed by atoms with Crippen LogP contribution in [0.2, 0.25) is 5.02 Å². The van der Waals surface area contributed by atoms with Crippen LogP contribution in [0.25, 0.3) is 11.0 Å². The van der Waals surface area contributed by atoms with Crippen molar-refractivity contribution in [3.63, 3.8) is 0 Å². The summed E-state index contributed by atoms with van der Waals surface area (Å²) in [6.07, 6.45) is -4.37. The molecule has 192 valence electrons. The predicted octanol–water partition coefficient (Wildman–Crippen LogP) is 7.22. The van der Waals surface area contributed by atoms with Crippen LogP contribution in [0.5, 0.6) is 5.75 Å². The van der Waals surface area contributed by atoms with Gasteiger partial charge in [-0.25, -0.2) is 13.8 Å². The Balaban J connectivity index is 1.56. The Morgan fingerprint density at radius 3 is 2.59 bits per heavy atom. The smallest absolute Gasteiger partial charge is 0.416 e. The zero-order valence-electron chi connectivity index (χ0n) is 19.3. The van der Waals surface area contributed by atoms with Crippen LogP contribution in [0.4, 0.5) is 39.3 Å². The zero-order chi connectivity index (χ0) is 26.7. The number of imidazole rings is 1. The van der Waals surface area contributed by atoms with Gasteiger partial charge >= 0.3 is 6.18 Å². The van der Waals surface area contributed by atoms with Gasteiger partial charge in [-0.3, -0.25) is 4.79 Å². The number of hydrogen-bond donors (Lipinski definition) is 3. The van der Waals surface area contributed by atoms with Crippen molar-refractivity contribution in [2.45, 2.75) is 32.0 Å². The molecule has 6 nitrogen and oxygen atoms in total. The maximum Gasteiger partial charge on any atom is 0.416 e. The molecule has 3 N–H and O–H groups in total. The van der Waals surface area contributed by atoms with Crippen molar-refractivity contribution in [3.8, 4) is 5.75 Å². The molecule has 0 saturated carbocycles. The minimum absolute atomic E-state index is 0.00515. The molecule has 0 aliphatic carbocycles. The molecular formula is C25H18ClF5N4O2. The summed E-state index contributed by atoms with van der Waals surface area (Å²) in [5.74, 6) is -2.21. The summed E-state index contributed by atoms with van der Waals surface area (Å²) in [6, 6.07) is 7.30. The summed E-state index contributed by atoms with van der Waals surface area (Å²) in [5, 5.41) is 5.12. The third-order valence-electron chi connectivity index (χ3n) is 5.80. The Kier molecular flexibility index (Phi) is 5.78. The Hall–Kier alpha value is -3.86. The Morgan fingerprint density at radius 2 is 1.89 bits per heavy atom. The average molecular weight is 537 g/mol. The molecule has 12 heteroatoms. The number of ether oxygens (including phenoxy) is 1. The van der Waals surface area contributed by atoms with E-state index in [0.717, 1.165) is 0 Å². The van der Waals surface area contributed by atoms with Crippen molar-refractivity contribution in [2.24, 2.45) is 0 Å². The molecule has 0 fully saturated rings. The first-order valence-corrected chi connectivity index (χ1v) is 11.3. The highest BCUT2D eigenvalue weighted by molar-refractivity contribution is 6.33. The van der Waals surface area contributed by atoms with Gasteiger partial charge in [0.15, 0.2) is 0 Å². The molecule has 37 heavy (non-hydrogen) atoms. The summed E-state index contributed by atoms with van der Waals surface area (Å²) in [5.41, 5.74) is -1.15. The second-order valence-electron chi connectivity index (χ2n) is 9.12. The largest absolute Gasteiger partial charge is 0.486 e. The minimum Gasteiger partial charge on any atom is -0.486 e. The number of aromatic amines is 1. The molecule has 0 spiro atoms. The summed E-state index contributed by atoms with van der Waals surface area (Å²) in [7, 11) is 0. The van der Waals surface area contributed by atoms with E-state index >= 15 is 0 Å². The van der Waals surface area contributed by atoms with E-state index in [1.54, 1.807) is 13.8 Å². The van der Waals surface area contributed by atoms with Crippen LogP contribution in [0.15, 0.2) is 42.5 Å². The lowest BCUT2D eigenvalue weighted by molar-refractivity contribution is -0.137. The summed E-state index contributed by atoms with van der Waals surface area (Å²) in [6.45, 7) is 3.58. The Labute approximate surface area is 211 Å². The molecule has 0 radical (unpaired) electrons. The van der Waals surface area contributed by atoms with Crippen LogP contribution >= 0.6 is 11.6 Å². The first kappa shape index (κ1) is 24.8. The van der Waals surface area contributed by atoms with Crippen molar-refractivity contribution in [1.29, 1.82) is 0 Å². The topological polar surface area (TPSA) is 79.0 Å². The summed E-state index contributed by atoms with van der Waals surface area (Å²) < 4.78 is 73.8. The van der Waals surface area contributed by atoms with Crippen molar-refractivity contribution < 1.29 is 31.5 Å². The fourth-order valence-electron chi connectivity index (χ4n) is 4.17. The maximum absolute atomic E-state index is 14.3. The highest BCUT2D eigenvalue weighted by Gasteiger charge is 2.37. The molecule has 0 saturated heterocycles. The second-order valence-corrected chi connectivity index (χ2v) is 9.53. The van der Waals surface area contributed by atoms with Crippen molar-refractivity contribution >= 4 is 45.9 Å². The monoisotopic (exact) mass is 536 g/mol. The highest BCUT2D eigenvalue weighted by Crippen LogP contribution is 2.43. The standard InChI is InChI=1S/C25H18ClF5N4O2/c1-24(2)10-13-19-18(33-23(34-19)35-20-14(26)4-3-5-16(20)28)9-12(21(13)37-24)22(36)32-17-8-11(25(29,30)31)6-7-15(17)27/h3-9H,10H2,1-2H3,(H,32,36)(H2,33,34,35). The number of rotatable bonds is 4. The van der Waals surface area contributed by atoms with Crippen molar-refractivity contribution in [2.75, 3.05) is 10.6 Å². The fourth-order valence-corrected chi connectivity index (χ4v) is 4.38. The van der Waals surface area contributed by atoms with E-state index in [0.29, 0.717) is 41.2 Å². The lowest BCUT2D eigenvalue weighted by Crippen LogP contribution is -2.25. The van der Waals surface area contributed by atoms with Crippen LogP contribution in [0.1, 0.15) is 35.3 Å². The van der Waals surface area contributed by atoms with Gasteiger partial charge in [0.2, 0.25) is 5.95 Å². The maximum atomic E-state index is 14.3. The molecule has 3 aromatic carbocycles. The lowest BCUT2D eigenvalue weighted by atomic mass is 9.98. The minimum atomic E-state index is -4.72. The van der Waals surface area contributed by atoms with Gasteiger partial charge in [-0.15, -0.1) is 0 Å². The average Bonchev–Trinajstić information content (AvgIpc) is 3.35. The van der Waals surface area contributed by atoms with E-state index in [1.807, 2.05) is 0 Å². The number of nitrogens with zero attached hydrogens (tertiary/aromatic N) is 1. The normalized spacial score (nSPS) is 14.4. The first-order chi connectivity index (χ1) is 17.3. The van der Waals surface area contributed by atoms with Gasteiger partial charge in [0.05, 0.1) is 38.6 Å². The molecule has 4 aromatic rings. The van der Waals surface area contributed by atoms with E-state index in [1.165, 1.54) is 24.3 Å². The fraction of sp³-hybridized carbons (Fsp3) is 0.200. The first-order valence-electron chi connectivity index (χ1n) is 11.0. The third kappa shape index (κ3) is 4.66. The van der Waals surface area contributed by atoms with Crippen molar-refractivity contribution in [1.82, 2.24) is 9.97 Å². The molecule has 0 unspecified atom stereocenters. The van der Waals surface area contributed by atoms with E-state index < -0.39 is 40.6 Å². The van der Waals surface area contributed by atoms with Crippen LogP contribution in [0, 0.1) is 11.6 Å². The number of H-pyrrole nitrogens is 1. The third-order valence-corrected chi connectivity index (χ3v) is 6.11. The summed E-state index contributed by atoms with van der Waals surface area (Å²) in [4.78, 5) is 20.6. The quantitative estimate of drug-likeness (QED) is 0.241. The second kappa shape index (κ2) is 8.62. The predicted molar refractivity (Wildman–Crippen MR) is 129 cm³/mol. The number of carbonyl (C=O) groups is 1. The number of carbonyl (C=O) groups excluding carboxylic acids is 1. The van der Waals surface area contributed by atoms with Gasteiger partial charge in [0, 0.05) is 12.0 Å². The highest BCUT2D eigenvalue weighted by atomic mass is 35.5. The summed E-state index contributed by atoms with van der Waals surface area (Å²) >= 11 is 6.09. The Morgan fingerprint density at radius 1 is 1.14 bits per heavy atom. The number of anilines is 3. The van der Waals surface area contributed by atoms with Gasteiger partial charge in [-0.1, -0.05) is 17.7 Å². The number of alkyl halides is 3. The van der Waals surface area contributed by atoms with Crippen molar-refractivity contribution in [3.05, 3.63) is 75.8 Å². The SMILES string of the molecule is CC1(C)Cc2c(c(C(=O)Nc3cc(C(F)(F)F)ccc3F)cc3[nH]c(Nc4c(F)cccc4Cl)nc23)O1. The van der Waals surface area contributed by atoms with E-state index in [-0.39, 0.29) is 28.0 Å². The molecule has 0 bridgehead atoms. The molecule has 1 aliphatic rings. The number of fused-ring (bicyclic) bond motifs is 3. The van der Waals surface area contributed by atoms with Gasteiger partial charge in [-0.2, -0.15) is 13.2 Å². The number of amides is 1. The van der Waals surface area contributed by atoms with Gasteiger partial charge in [0.25, 0.3) is 5.91 Å². The van der Waals surface area contributed by atoms with Gasteiger partial charge < -0.3 is 20.4 Å². The molecule has 1 aromatic heterocycles. The number of benzene rings is 3. The molecule has 1 amide bonds. The molecular weight excluding hydrogens is 519 g/mol. The van der Waals surface area contributed by atoms with Gasteiger partial charge in [-0.05, 0) is 50.2 Å². The number of aromatic nitrogens is 2. The van der Waals surface area contributed by atoms with E-state index in [4.69, 9.17) is 16.3 Å². The zero-order valence-corrected chi connectivity index (χ0v) is 20.0. The van der Waals surface area contributed by atoms with Crippen LogP contribution in [-0.4, -0.2) is 21.5 Å². The van der Waals surface area contributed by atoms with Crippen LogP contribution in [0.3, 0.4) is 0 Å². The van der Waals surface area contributed by atoms with Crippen LogP contribution < -0.4 is 15.4 Å². The van der Waals surface area contributed by atoms with Gasteiger partial charge in [0.1, 0.15) is 23.0 Å². The molecule has 0 atom stereocenters. The molecule has 2 heterocycles. The number of para-hydroxylation sites is 1. The number of hydrogen-bond acceptors (Lipinski definition) is 4. The van der Waals surface area contributed by atoms with E-state index in [9.17, 15) is 26.7 Å². The molecule has 5 rings (SSSR count).